The number of rotatable bonds is 4. The van der Waals surface area contributed by atoms with E-state index in [0.717, 1.165) is 12.3 Å². The van der Waals surface area contributed by atoms with Gasteiger partial charge in [0.15, 0.2) is 0 Å². The molecule has 104 valence electrons. The zero-order valence-corrected chi connectivity index (χ0v) is 11.4. The van der Waals surface area contributed by atoms with Gasteiger partial charge in [0.2, 0.25) is 5.91 Å². The molecule has 2 N–H and O–H groups in total. The number of β-amino-alcohol motifs (C(OH)–C–C–N with tert-alkyl or cyclic N) is 1. The lowest BCUT2D eigenvalue weighted by molar-refractivity contribution is -0.133. The molecule has 2 rings (SSSR count). The molecule has 0 aromatic heterocycles. The molecular formula is C14H26N2O2. The first kappa shape index (κ1) is 13.8. The molecule has 2 atom stereocenters. The van der Waals surface area contributed by atoms with Gasteiger partial charge in [-0.2, -0.15) is 0 Å². The van der Waals surface area contributed by atoms with Crippen molar-refractivity contribution < 1.29 is 9.90 Å². The van der Waals surface area contributed by atoms with E-state index in [4.69, 9.17) is 0 Å². The summed E-state index contributed by atoms with van der Waals surface area (Å²) in [5, 5.41) is 12.9. The SMILES string of the molecule is CN(C(=O)CCC1CCCCC1)[C@@H]1CNC[C@H]1O. The van der Waals surface area contributed by atoms with E-state index in [9.17, 15) is 9.90 Å². The number of nitrogens with zero attached hydrogens (tertiary/aromatic N) is 1. The second-order valence-electron chi connectivity index (χ2n) is 5.84. The minimum atomic E-state index is -0.409. The average Bonchev–Trinajstić information content (AvgIpc) is 2.82. The molecular weight excluding hydrogens is 228 g/mol. The van der Waals surface area contributed by atoms with E-state index in [0.29, 0.717) is 19.5 Å². The third-order valence-electron chi connectivity index (χ3n) is 4.53. The number of carbonyl (C=O) groups excluding carboxylic acids is 1. The number of likely N-dealkylation sites (N-methyl/N-ethyl adjacent to an activating group) is 1. The highest BCUT2D eigenvalue weighted by Gasteiger charge is 2.31. The van der Waals surface area contributed by atoms with Crippen LogP contribution in [0.2, 0.25) is 0 Å². The molecule has 0 radical (unpaired) electrons. The zero-order chi connectivity index (χ0) is 13.0. The average molecular weight is 254 g/mol. The van der Waals surface area contributed by atoms with Gasteiger partial charge >= 0.3 is 0 Å². The van der Waals surface area contributed by atoms with Crippen LogP contribution in [0.3, 0.4) is 0 Å². The molecule has 18 heavy (non-hydrogen) atoms. The van der Waals surface area contributed by atoms with Gasteiger partial charge in [0, 0.05) is 26.6 Å². The number of nitrogens with one attached hydrogen (secondary N) is 1. The Balaban J connectivity index is 1.73. The summed E-state index contributed by atoms with van der Waals surface area (Å²) >= 11 is 0. The van der Waals surface area contributed by atoms with Gasteiger partial charge in [-0.1, -0.05) is 32.1 Å². The Morgan fingerprint density at radius 2 is 2.00 bits per heavy atom. The van der Waals surface area contributed by atoms with Crippen molar-refractivity contribution in [1.82, 2.24) is 10.2 Å². The van der Waals surface area contributed by atoms with Crippen LogP contribution >= 0.6 is 0 Å². The predicted octanol–water partition coefficient (Wildman–Crippen LogP) is 1.14. The van der Waals surface area contributed by atoms with Crippen molar-refractivity contribution in [3.8, 4) is 0 Å². The Morgan fingerprint density at radius 1 is 1.28 bits per heavy atom. The van der Waals surface area contributed by atoms with Gasteiger partial charge in [0.05, 0.1) is 12.1 Å². The van der Waals surface area contributed by atoms with E-state index in [1.807, 2.05) is 7.05 Å². The van der Waals surface area contributed by atoms with E-state index in [1.54, 1.807) is 4.90 Å². The Morgan fingerprint density at radius 3 is 2.61 bits per heavy atom. The zero-order valence-electron chi connectivity index (χ0n) is 11.4. The lowest BCUT2D eigenvalue weighted by atomic mass is 9.86. The van der Waals surface area contributed by atoms with Gasteiger partial charge in [0.25, 0.3) is 0 Å². The van der Waals surface area contributed by atoms with Crippen LogP contribution in [0.15, 0.2) is 0 Å². The van der Waals surface area contributed by atoms with Crippen molar-refractivity contribution in [2.75, 3.05) is 20.1 Å². The van der Waals surface area contributed by atoms with Crippen LogP contribution in [0.4, 0.5) is 0 Å². The fourth-order valence-electron chi connectivity index (χ4n) is 3.21. The largest absolute Gasteiger partial charge is 0.390 e. The topological polar surface area (TPSA) is 52.6 Å². The van der Waals surface area contributed by atoms with Crippen LogP contribution < -0.4 is 5.32 Å². The Kier molecular flexibility index (Phi) is 5.01. The summed E-state index contributed by atoms with van der Waals surface area (Å²) in [4.78, 5) is 13.8. The lowest BCUT2D eigenvalue weighted by Crippen LogP contribution is -2.44. The van der Waals surface area contributed by atoms with Crippen LogP contribution in [0.25, 0.3) is 0 Å². The normalized spacial score (nSPS) is 29.4. The van der Waals surface area contributed by atoms with Crippen LogP contribution in [0, 0.1) is 5.92 Å². The maximum absolute atomic E-state index is 12.1. The van der Waals surface area contributed by atoms with E-state index < -0.39 is 6.10 Å². The minimum Gasteiger partial charge on any atom is -0.390 e. The Bertz CT molecular complexity index is 277. The summed E-state index contributed by atoms with van der Waals surface area (Å²) in [6.45, 7) is 1.32. The summed E-state index contributed by atoms with van der Waals surface area (Å²) in [5.41, 5.74) is 0. The molecule has 1 saturated heterocycles. The minimum absolute atomic E-state index is 0.0381. The van der Waals surface area contributed by atoms with Gasteiger partial charge in [-0.05, 0) is 12.3 Å². The first-order valence-corrected chi connectivity index (χ1v) is 7.33. The molecule has 0 aromatic carbocycles. The summed E-state index contributed by atoms with van der Waals surface area (Å²) in [7, 11) is 1.82. The monoisotopic (exact) mass is 254 g/mol. The van der Waals surface area contributed by atoms with Gasteiger partial charge in [0.1, 0.15) is 0 Å². The van der Waals surface area contributed by atoms with Crippen molar-refractivity contribution in [2.24, 2.45) is 5.92 Å². The van der Waals surface area contributed by atoms with Crippen molar-refractivity contribution in [1.29, 1.82) is 0 Å². The summed E-state index contributed by atoms with van der Waals surface area (Å²) in [5.74, 6) is 0.941. The molecule has 1 aliphatic heterocycles. The van der Waals surface area contributed by atoms with Gasteiger partial charge in [-0.15, -0.1) is 0 Å². The number of amides is 1. The van der Waals surface area contributed by atoms with Crippen LogP contribution in [0.5, 0.6) is 0 Å². The highest BCUT2D eigenvalue weighted by molar-refractivity contribution is 5.76. The summed E-state index contributed by atoms with van der Waals surface area (Å²) in [6, 6.07) is -0.0381. The molecule has 0 bridgehead atoms. The van der Waals surface area contributed by atoms with Crippen LogP contribution in [0.1, 0.15) is 44.9 Å². The van der Waals surface area contributed by atoms with Crippen LogP contribution in [-0.2, 0) is 4.79 Å². The Hall–Kier alpha value is -0.610. The quantitative estimate of drug-likeness (QED) is 0.791. The van der Waals surface area contributed by atoms with E-state index >= 15 is 0 Å². The highest BCUT2D eigenvalue weighted by atomic mass is 16.3. The van der Waals surface area contributed by atoms with Crippen LogP contribution in [-0.4, -0.2) is 48.2 Å². The highest BCUT2D eigenvalue weighted by Crippen LogP contribution is 2.27. The summed E-state index contributed by atoms with van der Waals surface area (Å²) < 4.78 is 0. The molecule has 0 aromatic rings. The Labute approximate surface area is 110 Å². The molecule has 0 spiro atoms. The third kappa shape index (κ3) is 3.45. The number of hydrogen-bond donors (Lipinski definition) is 2. The van der Waals surface area contributed by atoms with Gasteiger partial charge in [-0.3, -0.25) is 4.79 Å². The molecule has 1 heterocycles. The molecule has 2 aliphatic rings. The van der Waals surface area contributed by atoms with E-state index in [2.05, 4.69) is 5.32 Å². The number of aliphatic hydroxyl groups is 1. The maximum atomic E-state index is 12.1. The first-order valence-electron chi connectivity index (χ1n) is 7.33. The fourth-order valence-corrected chi connectivity index (χ4v) is 3.21. The molecule has 1 amide bonds. The second kappa shape index (κ2) is 6.53. The fraction of sp³-hybridized carbons (Fsp3) is 0.929. The van der Waals surface area contributed by atoms with Crippen molar-refractivity contribution in [3.63, 3.8) is 0 Å². The molecule has 1 saturated carbocycles. The van der Waals surface area contributed by atoms with Gasteiger partial charge in [-0.25, -0.2) is 0 Å². The molecule has 0 unspecified atom stereocenters. The van der Waals surface area contributed by atoms with Gasteiger partial charge < -0.3 is 15.3 Å². The standard InChI is InChI=1S/C14H26N2O2/c1-16(12-9-15-10-13(12)17)14(18)8-7-11-5-3-2-4-6-11/h11-13,15,17H,2-10H2,1H3/t12-,13-/m1/s1. The maximum Gasteiger partial charge on any atom is 0.222 e. The summed E-state index contributed by atoms with van der Waals surface area (Å²) in [6.07, 6.45) is 7.89. The van der Waals surface area contributed by atoms with E-state index in [-0.39, 0.29) is 11.9 Å². The molecule has 4 nitrogen and oxygen atoms in total. The molecule has 4 heteroatoms. The number of aliphatic hydroxyl groups excluding tert-OH is 1. The molecule has 2 fully saturated rings. The van der Waals surface area contributed by atoms with Crippen molar-refractivity contribution >= 4 is 5.91 Å². The number of hydrogen-bond acceptors (Lipinski definition) is 3. The third-order valence-corrected chi connectivity index (χ3v) is 4.53. The van der Waals surface area contributed by atoms with Crippen molar-refractivity contribution in [2.45, 2.75) is 57.1 Å². The molecule has 1 aliphatic carbocycles. The van der Waals surface area contributed by atoms with E-state index in [1.165, 1.54) is 32.1 Å². The predicted molar refractivity (Wildman–Crippen MR) is 71.2 cm³/mol. The lowest BCUT2D eigenvalue weighted by Gasteiger charge is -2.28. The van der Waals surface area contributed by atoms with Crippen molar-refractivity contribution in [3.05, 3.63) is 0 Å². The number of carbonyl (C=O) groups is 1. The second-order valence-corrected chi connectivity index (χ2v) is 5.84. The first-order chi connectivity index (χ1) is 8.68. The smallest absolute Gasteiger partial charge is 0.222 e.